The van der Waals surface area contributed by atoms with Crippen molar-refractivity contribution >= 4 is 17.2 Å². The van der Waals surface area contributed by atoms with Gasteiger partial charge in [-0.3, -0.25) is 4.79 Å². The topological polar surface area (TPSA) is 81.9 Å². The van der Waals surface area contributed by atoms with Crippen LogP contribution in [0.25, 0.3) is 16.4 Å². The van der Waals surface area contributed by atoms with E-state index in [2.05, 4.69) is 34.5 Å². The van der Waals surface area contributed by atoms with Gasteiger partial charge in [-0.15, -0.1) is 16.4 Å². The van der Waals surface area contributed by atoms with Gasteiger partial charge in [-0.05, 0) is 51.0 Å². The van der Waals surface area contributed by atoms with Crippen LogP contribution in [-0.4, -0.2) is 39.0 Å². The Bertz CT molecular complexity index is 960. The third kappa shape index (κ3) is 4.22. The molecule has 0 aliphatic rings. The molecule has 2 aromatic heterocycles. The van der Waals surface area contributed by atoms with Gasteiger partial charge in [0.15, 0.2) is 0 Å². The van der Waals surface area contributed by atoms with Crippen molar-refractivity contribution in [2.75, 3.05) is 13.2 Å². The summed E-state index contributed by atoms with van der Waals surface area (Å²) in [6, 6.07) is 7.69. The van der Waals surface area contributed by atoms with E-state index in [4.69, 9.17) is 4.74 Å². The van der Waals surface area contributed by atoms with Crippen molar-refractivity contribution in [2.45, 2.75) is 34.6 Å². The van der Waals surface area contributed by atoms with Crippen LogP contribution in [0.4, 0.5) is 0 Å². The molecule has 3 rings (SSSR count). The summed E-state index contributed by atoms with van der Waals surface area (Å²) in [5.41, 5.74) is 3.15. The average molecular weight is 400 g/mol. The fourth-order valence-electron chi connectivity index (χ4n) is 2.71. The van der Waals surface area contributed by atoms with Crippen LogP contribution in [-0.2, 0) is 0 Å². The molecule has 1 N–H and O–H groups in total. The Morgan fingerprint density at radius 1 is 1.25 bits per heavy atom. The zero-order chi connectivity index (χ0) is 20.3. The molecule has 0 saturated heterocycles. The minimum absolute atomic E-state index is 0.0912. The second kappa shape index (κ2) is 8.52. The van der Waals surface area contributed by atoms with Crippen molar-refractivity contribution in [3.63, 3.8) is 0 Å². The summed E-state index contributed by atoms with van der Waals surface area (Å²) < 4.78 is 7.25. The van der Waals surface area contributed by atoms with Crippen LogP contribution in [0.2, 0.25) is 0 Å². The maximum atomic E-state index is 12.4. The highest BCUT2D eigenvalue weighted by molar-refractivity contribution is 7.17. The standard InChI is InChI=1S/C20H25N5O2S/c1-6-27-16-9-7-15(8-10-16)25-14(5)17(23-24-25)20-22-13(4)18(28-20)19(26)21-11-12(2)3/h7-10,12H,6,11H2,1-5H3,(H,21,26). The molecule has 0 radical (unpaired) electrons. The third-order valence-electron chi connectivity index (χ3n) is 4.16. The van der Waals surface area contributed by atoms with Crippen LogP contribution in [0.3, 0.4) is 0 Å². The lowest BCUT2D eigenvalue weighted by atomic mass is 10.2. The predicted molar refractivity (Wildman–Crippen MR) is 110 cm³/mol. The van der Waals surface area contributed by atoms with Crippen molar-refractivity contribution in [3.8, 4) is 22.1 Å². The van der Waals surface area contributed by atoms with E-state index in [1.807, 2.05) is 45.0 Å². The number of hydrogen-bond acceptors (Lipinski definition) is 6. The van der Waals surface area contributed by atoms with E-state index in [-0.39, 0.29) is 5.91 Å². The summed E-state index contributed by atoms with van der Waals surface area (Å²) in [6.45, 7) is 11.1. The molecule has 8 heteroatoms. The van der Waals surface area contributed by atoms with Gasteiger partial charge >= 0.3 is 0 Å². The lowest BCUT2D eigenvalue weighted by molar-refractivity contribution is 0.0952. The first-order valence-electron chi connectivity index (χ1n) is 9.32. The van der Waals surface area contributed by atoms with E-state index in [0.29, 0.717) is 40.3 Å². The molecule has 2 heterocycles. The van der Waals surface area contributed by atoms with Gasteiger partial charge < -0.3 is 10.1 Å². The van der Waals surface area contributed by atoms with Gasteiger partial charge in [0.05, 0.1) is 23.7 Å². The number of ether oxygens (including phenoxy) is 1. The number of hydrogen-bond donors (Lipinski definition) is 1. The Hall–Kier alpha value is -2.74. The monoisotopic (exact) mass is 399 g/mol. The van der Waals surface area contributed by atoms with Crippen molar-refractivity contribution in [3.05, 3.63) is 40.5 Å². The van der Waals surface area contributed by atoms with E-state index < -0.39 is 0 Å². The zero-order valence-corrected chi connectivity index (χ0v) is 17.6. The smallest absolute Gasteiger partial charge is 0.263 e. The Morgan fingerprint density at radius 3 is 2.61 bits per heavy atom. The number of aromatic nitrogens is 4. The van der Waals surface area contributed by atoms with Crippen LogP contribution in [0, 0.1) is 19.8 Å². The average Bonchev–Trinajstić information content (AvgIpc) is 3.23. The van der Waals surface area contributed by atoms with Crippen LogP contribution in [0.5, 0.6) is 5.75 Å². The molecule has 28 heavy (non-hydrogen) atoms. The highest BCUT2D eigenvalue weighted by Crippen LogP contribution is 2.29. The molecule has 0 saturated carbocycles. The maximum absolute atomic E-state index is 12.4. The molecule has 148 valence electrons. The van der Waals surface area contributed by atoms with Crippen LogP contribution < -0.4 is 10.1 Å². The molecule has 1 amide bonds. The van der Waals surface area contributed by atoms with Crippen LogP contribution >= 0.6 is 11.3 Å². The van der Waals surface area contributed by atoms with E-state index in [0.717, 1.165) is 17.1 Å². The van der Waals surface area contributed by atoms with Crippen molar-refractivity contribution in [1.82, 2.24) is 25.3 Å². The number of carbonyl (C=O) groups excluding carboxylic acids is 1. The first-order valence-corrected chi connectivity index (χ1v) is 10.1. The summed E-state index contributed by atoms with van der Waals surface area (Å²) in [4.78, 5) is 17.6. The molecular weight excluding hydrogens is 374 g/mol. The lowest BCUT2D eigenvalue weighted by Gasteiger charge is -2.06. The molecule has 3 aromatic rings. The SMILES string of the molecule is CCOc1ccc(-n2nnc(-c3nc(C)c(C(=O)NCC(C)C)s3)c2C)cc1. The number of nitrogens with zero attached hydrogens (tertiary/aromatic N) is 4. The van der Waals surface area contributed by atoms with Gasteiger partial charge in [0, 0.05) is 6.54 Å². The predicted octanol–water partition coefficient (Wildman–Crippen LogP) is 3.79. The minimum atomic E-state index is -0.0912. The number of aryl methyl sites for hydroxylation is 1. The molecule has 7 nitrogen and oxygen atoms in total. The summed E-state index contributed by atoms with van der Waals surface area (Å²) >= 11 is 1.35. The molecule has 1 aromatic carbocycles. The van der Waals surface area contributed by atoms with Gasteiger partial charge in [0.2, 0.25) is 0 Å². The van der Waals surface area contributed by atoms with Crippen molar-refractivity contribution < 1.29 is 9.53 Å². The van der Waals surface area contributed by atoms with Crippen LogP contribution in [0.15, 0.2) is 24.3 Å². The number of carbonyl (C=O) groups is 1. The van der Waals surface area contributed by atoms with Crippen LogP contribution in [0.1, 0.15) is 41.8 Å². The molecule has 0 atom stereocenters. The van der Waals surface area contributed by atoms with Gasteiger partial charge in [-0.1, -0.05) is 19.1 Å². The van der Waals surface area contributed by atoms with Gasteiger partial charge in [0.25, 0.3) is 5.91 Å². The second-order valence-corrected chi connectivity index (χ2v) is 7.90. The summed E-state index contributed by atoms with van der Waals surface area (Å²) in [5, 5.41) is 12.2. The molecule has 0 aliphatic carbocycles. The van der Waals surface area contributed by atoms with Gasteiger partial charge in [-0.2, -0.15) is 0 Å². The van der Waals surface area contributed by atoms with Gasteiger partial charge in [-0.25, -0.2) is 9.67 Å². The van der Waals surface area contributed by atoms with Crippen molar-refractivity contribution in [2.24, 2.45) is 5.92 Å². The zero-order valence-electron chi connectivity index (χ0n) is 16.8. The van der Waals surface area contributed by atoms with E-state index in [1.165, 1.54) is 11.3 Å². The fourth-order valence-corrected chi connectivity index (χ4v) is 3.73. The molecule has 0 spiro atoms. The van der Waals surface area contributed by atoms with E-state index in [1.54, 1.807) is 4.68 Å². The minimum Gasteiger partial charge on any atom is -0.494 e. The normalized spacial score (nSPS) is 11.1. The first kappa shape index (κ1) is 20.0. The number of benzene rings is 1. The van der Waals surface area contributed by atoms with E-state index >= 15 is 0 Å². The molecule has 0 fully saturated rings. The summed E-state index contributed by atoms with van der Waals surface area (Å²) in [7, 11) is 0. The van der Waals surface area contributed by atoms with Gasteiger partial charge in [0.1, 0.15) is 21.3 Å². The molecule has 0 bridgehead atoms. The number of nitrogens with one attached hydrogen (secondary N) is 1. The molecular formula is C20H25N5O2S. The Kier molecular flexibility index (Phi) is 6.08. The van der Waals surface area contributed by atoms with Crippen molar-refractivity contribution in [1.29, 1.82) is 0 Å². The fraction of sp³-hybridized carbons (Fsp3) is 0.400. The Morgan fingerprint density at radius 2 is 1.96 bits per heavy atom. The Balaban J connectivity index is 1.86. The summed E-state index contributed by atoms with van der Waals surface area (Å²) in [6.07, 6.45) is 0. The third-order valence-corrected chi connectivity index (χ3v) is 5.33. The molecule has 0 unspecified atom stereocenters. The summed E-state index contributed by atoms with van der Waals surface area (Å²) in [5.74, 6) is 1.12. The quantitative estimate of drug-likeness (QED) is 0.654. The number of thiazole rings is 1. The Labute approximate surface area is 168 Å². The number of rotatable bonds is 7. The first-order chi connectivity index (χ1) is 13.4. The lowest BCUT2D eigenvalue weighted by Crippen LogP contribution is -2.27. The largest absolute Gasteiger partial charge is 0.494 e. The number of amides is 1. The highest BCUT2D eigenvalue weighted by atomic mass is 32.1. The molecule has 0 aliphatic heterocycles. The maximum Gasteiger partial charge on any atom is 0.263 e. The van der Waals surface area contributed by atoms with E-state index in [9.17, 15) is 4.79 Å². The second-order valence-electron chi connectivity index (χ2n) is 6.90. The highest BCUT2D eigenvalue weighted by Gasteiger charge is 2.20.